The van der Waals surface area contributed by atoms with Crippen molar-refractivity contribution in [3.8, 4) is 0 Å². The van der Waals surface area contributed by atoms with Gasteiger partial charge in [-0.3, -0.25) is 0 Å². The van der Waals surface area contributed by atoms with Crippen molar-refractivity contribution in [2.24, 2.45) is 7.05 Å². The number of nitrogens with zero attached hydrogens (tertiary/aromatic N) is 4. The highest BCUT2D eigenvalue weighted by Gasteiger charge is 2.32. The summed E-state index contributed by atoms with van der Waals surface area (Å²) in [7, 11) is 1.94. The Morgan fingerprint density at radius 2 is 2.38 bits per heavy atom. The van der Waals surface area contributed by atoms with Crippen molar-refractivity contribution < 1.29 is 9.53 Å². The van der Waals surface area contributed by atoms with Crippen molar-refractivity contribution in [2.45, 2.75) is 13.0 Å². The van der Waals surface area contributed by atoms with Gasteiger partial charge in [-0.2, -0.15) is 0 Å². The van der Waals surface area contributed by atoms with Gasteiger partial charge in [0.25, 0.3) is 0 Å². The summed E-state index contributed by atoms with van der Waals surface area (Å²) < 4.78 is 7.12. The third-order valence-corrected chi connectivity index (χ3v) is 3.70. The van der Waals surface area contributed by atoms with Crippen molar-refractivity contribution in [1.29, 1.82) is 0 Å². The molecule has 0 amide bonds. The summed E-state index contributed by atoms with van der Waals surface area (Å²) >= 11 is 0. The number of ether oxygens (including phenoxy) is 1. The van der Waals surface area contributed by atoms with E-state index < -0.39 is 0 Å². The van der Waals surface area contributed by atoms with E-state index in [0.717, 1.165) is 23.4 Å². The van der Waals surface area contributed by atoms with Gasteiger partial charge in [0, 0.05) is 32.9 Å². The van der Waals surface area contributed by atoms with Crippen LogP contribution in [-0.2, 0) is 16.6 Å². The van der Waals surface area contributed by atoms with E-state index in [1.54, 1.807) is 12.5 Å². The van der Waals surface area contributed by atoms with Gasteiger partial charge in [0.15, 0.2) is 5.82 Å². The fraction of sp³-hybridized carbons (Fsp3) is 0.500. The van der Waals surface area contributed by atoms with Gasteiger partial charge in [-0.15, -0.1) is 0 Å². The number of hydrogen-bond donors (Lipinski definition) is 1. The Labute approximate surface area is 122 Å². The number of pyridine rings is 1. The van der Waals surface area contributed by atoms with Crippen molar-refractivity contribution in [2.75, 3.05) is 31.1 Å². The summed E-state index contributed by atoms with van der Waals surface area (Å²) in [6, 6.07) is 1.56. The first-order valence-electron chi connectivity index (χ1n) is 7.12. The van der Waals surface area contributed by atoms with Crippen LogP contribution in [0.3, 0.4) is 0 Å². The van der Waals surface area contributed by atoms with Crippen LogP contribution in [0.15, 0.2) is 18.6 Å². The minimum absolute atomic E-state index is 0.223. The lowest BCUT2D eigenvalue weighted by Gasteiger charge is -2.35. The Kier molecular flexibility index (Phi) is 3.74. The summed E-state index contributed by atoms with van der Waals surface area (Å²) in [5.74, 6) is 0.520. The second-order valence-electron chi connectivity index (χ2n) is 5.02. The smallest absolute Gasteiger partial charge is 0.330 e. The maximum absolute atomic E-state index is 12.2. The van der Waals surface area contributed by atoms with E-state index in [9.17, 15) is 4.79 Å². The first-order chi connectivity index (χ1) is 10.2. The molecule has 1 N–H and O–H groups in total. The van der Waals surface area contributed by atoms with Crippen LogP contribution in [0.25, 0.3) is 11.0 Å². The average Bonchev–Trinajstić information content (AvgIpc) is 2.89. The highest BCUT2D eigenvalue weighted by molar-refractivity contribution is 5.89. The molecular weight excluding hydrogens is 270 g/mol. The van der Waals surface area contributed by atoms with E-state index in [4.69, 9.17) is 4.74 Å². The monoisotopic (exact) mass is 289 g/mol. The van der Waals surface area contributed by atoms with E-state index in [-0.39, 0.29) is 12.0 Å². The van der Waals surface area contributed by atoms with Crippen molar-refractivity contribution in [3.63, 3.8) is 0 Å². The molecule has 1 aliphatic rings. The van der Waals surface area contributed by atoms with Crippen LogP contribution in [0.4, 0.5) is 5.82 Å². The van der Waals surface area contributed by atoms with Crippen LogP contribution in [0, 0.1) is 0 Å². The SMILES string of the molecule is CCOC(=O)C1CNCCN1c1nccc2c1ncn2C. The Balaban J connectivity index is 2.00. The number of imidazole rings is 1. The van der Waals surface area contributed by atoms with E-state index in [1.165, 1.54) is 0 Å². The van der Waals surface area contributed by atoms with E-state index in [0.29, 0.717) is 19.7 Å². The molecule has 2 aromatic heterocycles. The number of nitrogens with one attached hydrogen (secondary N) is 1. The molecule has 112 valence electrons. The summed E-state index contributed by atoms with van der Waals surface area (Å²) in [4.78, 5) is 23.0. The molecule has 3 rings (SSSR count). The number of rotatable bonds is 3. The molecule has 0 saturated carbocycles. The van der Waals surface area contributed by atoms with Gasteiger partial charge in [-0.05, 0) is 13.0 Å². The molecule has 7 nitrogen and oxygen atoms in total. The van der Waals surface area contributed by atoms with Crippen LogP contribution >= 0.6 is 0 Å². The number of piperazine rings is 1. The van der Waals surface area contributed by atoms with Gasteiger partial charge < -0.3 is 19.5 Å². The molecule has 0 aromatic carbocycles. The largest absolute Gasteiger partial charge is 0.464 e. The third-order valence-electron chi connectivity index (χ3n) is 3.70. The molecule has 2 aromatic rings. The Hall–Kier alpha value is -2.15. The number of anilines is 1. The van der Waals surface area contributed by atoms with Crippen molar-refractivity contribution in [1.82, 2.24) is 19.9 Å². The molecule has 0 bridgehead atoms. The lowest BCUT2D eigenvalue weighted by molar-refractivity contribution is -0.144. The number of esters is 1. The van der Waals surface area contributed by atoms with Gasteiger partial charge >= 0.3 is 5.97 Å². The molecule has 1 saturated heterocycles. The quantitative estimate of drug-likeness (QED) is 0.820. The number of aromatic nitrogens is 3. The molecule has 0 spiro atoms. The highest BCUT2D eigenvalue weighted by Crippen LogP contribution is 2.25. The average molecular weight is 289 g/mol. The highest BCUT2D eigenvalue weighted by atomic mass is 16.5. The zero-order chi connectivity index (χ0) is 14.8. The topological polar surface area (TPSA) is 72.3 Å². The molecule has 3 heterocycles. The fourth-order valence-corrected chi connectivity index (χ4v) is 2.67. The maximum Gasteiger partial charge on any atom is 0.330 e. The van der Waals surface area contributed by atoms with E-state index >= 15 is 0 Å². The first kappa shape index (κ1) is 13.8. The molecule has 1 unspecified atom stereocenters. The molecule has 21 heavy (non-hydrogen) atoms. The van der Waals surface area contributed by atoms with Crippen LogP contribution in [-0.4, -0.2) is 52.8 Å². The standard InChI is InChI=1S/C14H19N5O2/c1-3-21-14(20)11-8-15-6-7-19(11)13-12-10(4-5-16-13)18(2)9-17-12/h4-5,9,11,15H,3,6-8H2,1-2H3. The molecule has 7 heteroatoms. The Morgan fingerprint density at radius 1 is 1.52 bits per heavy atom. The minimum atomic E-state index is -0.362. The predicted molar refractivity (Wildman–Crippen MR) is 79.1 cm³/mol. The first-order valence-corrected chi connectivity index (χ1v) is 7.12. The van der Waals surface area contributed by atoms with Gasteiger partial charge in [-0.25, -0.2) is 14.8 Å². The van der Waals surface area contributed by atoms with Crippen LogP contribution in [0.5, 0.6) is 0 Å². The fourth-order valence-electron chi connectivity index (χ4n) is 2.67. The zero-order valence-electron chi connectivity index (χ0n) is 12.2. The molecular formula is C14H19N5O2. The van der Waals surface area contributed by atoms with Gasteiger partial charge in [0.1, 0.15) is 11.6 Å². The molecule has 1 fully saturated rings. The summed E-state index contributed by atoms with van der Waals surface area (Å²) in [6.45, 7) is 4.26. The lowest BCUT2D eigenvalue weighted by atomic mass is 10.2. The maximum atomic E-state index is 12.2. The van der Waals surface area contributed by atoms with Crippen LogP contribution in [0.1, 0.15) is 6.92 Å². The number of hydrogen-bond acceptors (Lipinski definition) is 6. The normalized spacial score (nSPS) is 19.0. The molecule has 1 aliphatic heterocycles. The zero-order valence-corrected chi connectivity index (χ0v) is 12.2. The van der Waals surface area contributed by atoms with Crippen LogP contribution < -0.4 is 10.2 Å². The molecule has 0 aliphatic carbocycles. The summed E-state index contributed by atoms with van der Waals surface area (Å²) in [5.41, 5.74) is 1.82. The Morgan fingerprint density at radius 3 is 3.19 bits per heavy atom. The number of fused-ring (bicyclic) bond motifs is 1. The summed E-state index contributed by atoms with van der Waals surface area (Å²) in [6.07, 6.45) is 3.51. The van der Waals surface area contributed by atoms with Crippen LogP contribution in [0.2, 0.25) is 0 Å². The summed E-state index contributed by atoms with van der Waals surface area (Å²) in [5, 5.41) is 3.23. The second kappa shape index (κ2) is 5.69. The van der Waals surface area contributed by atoms with Crippen molar-refractivity contribution >= 4 is 22.8 Å². The minimum Gasteiger partial charge on any atom is -0.464 e. The lowest BCUT2D eigenvalue weighted by Crippen LogP contribution is -2.56. The number of aryl methyl sites for hydroxylation is 1. The Bertz CT molecular complexity index is 654. The molecule has 0 radical (unpaired) electrons. The van der Waals surface area contributed by atoms with Gasteiger partial charge in [0.2, 0.25) is 0 Å². The van der Waals surface area contributed by atoms with Crippen molar-refractivity contribution in [3.05, 3.63) is 18.6 Å². The van der Waals surface area contributed by atoms with Gasteiger partial charge in [-0.1, -0.05) is 0 Å². The predicted octanol–water partition coefficient (Wildman–Crippen LogP) is 0.310. The number of carbonyl (C=O) groups excluding carboxylic acids is 1. The third kappa shape index (κ3) is 2.44. The van der Waals surface area contributed by atoms with E-state index in [2.05, 4.69) is 15.3 Å². The number of carbonyl (C=O) groups is 1. The molecule has 1 atom stereocenters. The van der Waals surface area contributed by atoms with Gasteiger partial charge in [0.05, 0.1) is 18.5 Å². The second-order valence-corrected chi connectivity index (χ2v) is 5.02. The van der Waals surface area contributed by atoms with E-state index in [1.807, 2.05) is 29.5 Å².